The number of nitrogens with zero attached hydrogens (tertiary/aromatic N) is 3. The van der Waals surface area contributed by atoms with Crippen LogP contribution in [0.1, 0.15) is 5.56 Å². The first-order chi connectivity index (χ1) is 10.3. The summed E-state index contributed by atoms with van der Waals surface area (Å²) >= 11 is 6.17. The Balaban J connectivity index is 0.00000176. The second-order valence-corrected chi connectivity index (χ2v) is 5.23. The lowest BCUT2D eigenvalue weighted by Gasteiger charge is -2.36. The fourth-order valence-electron chi connectivity index (χ4n) is 2.35. The number of aromatic nitrogens is 2. The molecule has 0 saturated carbocycles. The zero-order valence-corrected chi connectivity index (χ0v) is 13.6. The van der Waals surface area contributed by atoms with Crippen LogP contribution < -0.4 is 10.2 Å². The third kappa shape index (κ3) is 4.08. The second-order valence-electron chi connectivity index (χ2n) is 4.82. The summed E-state index contributed by atoms with van der Waals surface area (Å²) in [7, 11) is 0. The average molecular weight is 341 g/mol. The number of ether oxygens (including phenoxy) is 1. The molecule has 5 nitrogen and oxygen atoms in total. The lowest BCUT2D eigenvalue weighted by Crippen LogP contribution is -2.53. The molecular weight excluding hydrogens is 323 g/mol. The smallest absolute Gasteiger partial charge is 0.144 e. The monoisotopic (exact) mass is 340 g/mol. The van der Waals surface area contributed by atoms with E-state index in [9.17, 15) is 0 Å². The van der Waals surface area contributed by atoms with Gasteiger partial charge in [0.2, 0.25) is 0 Å². The van der Waals surface area contributed by atoms with Crippen molar-refractivity contribution in [1.82, 2.24) is 15.3 Å². The lowest BCUT2D eigenvalue weighted by atomic mass is 10.2. The van der Waals surface area contributed by atoms with Crippen molar-refractivity contribution in [2.45, 2.75) is 12.8 Å². The fraction of sp³-hybridized carbons (Fsp3) is 0.333. The number of halogens is 2. The van der Waals surface area contributed by atoms with Crippen molar-refractivity contribution in [2.75, 3.05) is 24.5 Å². The molecule has 1 atom stereocenters. The molecule has 1 aliphatic rings. The summed E-state index contributed by atoms with van der Waals surface area (Å²) in [6.45, 7) is 3.00. The van der Waals surface area contributed by atoms with Gasteiger partial charge in [0.25, 0.3) is 0 Å². The summed E-state index contributed by atoms with van der Waals surface area (Å²) in [5.41, 5.74) is 0.993. The van der Waals surface area contributed by atoms with Crippen LogP contribution >= 0.6 is 24.0 Å². The highest BCUT2D eigenvalue weighted by Crippen LogP contribution is 2.19. The minimum Gasteiger partial charge on any atom is -0.352 e. The summed E-state index contributed by atoms with van der Waals surface area (Å²) in [5, 5.41) is 4.07. The van der Waals surface area contributed by atoms with Gasteiger partial charge in [-0.2, -0.15) is 0 Å². The van der Waals surface area contributed by atoms with Gasteiger partial charge in [0, 0.05) is 30.9 Å². The van der Waals surface area contributed by atoms with E-state index in [0.717, 1.165) is 36.0 Å². The van der Waals surface area contributed by atoms with E-state index < -0.39 is 0 Å². The summed E-state index contributed by atoms with van der Waals surface area (Å²) in [6, 6.07) is 9.64. The molecule has 22 heavy (non-hydrogen) atoms. The van der Waals surface area contributed by atoms with Gasteiger partial charge in [-0.05, 0) is 17.7 Å². The zero-order valence-electron chi connectivity index (χ0n) is 12.0. The van der Waals surface area contributed by atoms with Crippen LogP contribution in [0, 0.1) is 0 Å². The molecule has 1 N–H and O–H groups in total. The molecule has 0 amide bonds. The molecule has 1 saturated heterocycles. The maximum atomic E-state index is 6.17. The highest BCUT2D eigenvalue weighted by molar-refractivity contribution is 6.31. The molecule has 1 unspecified atom stereocenters. The summed E-state index contributed by atoms with van der Waals surface area (Å²) in [4.78, 5) is 10.4. The Kier molecular flexibility index (Phi) is 6.39. The molecule has 2 heterocycles. The Morgan fingerprint density at radius 1 is 1.32 bits per heavy atom. The SMILES string of the molecule is Cl.Clc1ccccc1COC1CNCCN1c1ccncn1. The number of rotatable bonds is 4. The molecule has 0 radical (unpaired) electrons. The Bertz CT molecular complexity index is 585. The first kappa shape index (κ1) is 17.0. The quantitative estimate of drug-likeness (QED) is 0.926. The highest BCUT2D eigenvalue weighted by Gasteiger charge is 2.24. The van der Waals surface area contributed by atoms with Gasteiger partial charge in [-0.3, -0.25) is 0 Å². The van der Waals surface area contributed by atoms with Gasteiger partial charge in [-0.15, -0.1) is 12.4 Å². The number of benzene rings is 1. The van der Waals surface area contributed by atoms with E-state index in [1.54, 1.807) is 12.5 Å². The standard InChI is InChI=1S/C15H17ClN4O.ClH/c16-13-4-2-1-3-12(13)10-21-15-9-17-7-8-20(15)14-5-6-18-11-19-14;/h1-6,11,15,17H,7-10H2;1H. The van der Waals surface area contributed by atoms with Crippen molar-refractivity contribution in [3.8, 4) is 0 Å². The molecular formula is C15H18Cl2N4O. The molecule has 2 aromatic rings. The van der Waals surface area contributed by atoms with Gasteiger partial charge in [-0.1, -0.05) is 29.8 Å². The first-order valence-corrected chi connectivity index (χ1v) is 7.31. The van der Waals surface area contributed by atoms with Gasteiger partial charge >= 0.3 is 0 Å². The fourth-order valence-corrected chi connectivity index (χ4v) is 2.54. The Morgan fingerprint density at radius 2 is 2.18 bits per heavy atom. The van der Waals surface area contributed by atoms with Crippen LogP contribution in [0.25, 0.3) is 0 Å². The predicted molar refractivity (Wildman–Crippen MR) is 89.5 cm³/mol. The maximum absolute atomic E-state index is 6.17. The molecule has 7 heteroatoms. The van der Waals surface area contributed by atoms with Crippen molar-refractivity contribution < 1.29 is 4.74 Å². The molecule has 1 aromatic heterocycles. The van der Waals surface area contributed by atoms with Crippen LogP contribution in [0.5, 0.6) is 0 Å². The minimum absolute atomic E-state index is 0. The van der Waals surface area contributed by atoms with Crippen LogP contribution in [0.15, 0.2) is 42.9 Å². The van der Waals surface area contributed by atoms with Crippen molar-refractivity contribution in [1.29, 1.82) is 0 Å². The van der Waals surface area contributed by atoms with Gasteiger partial charge < -0.3 is 15.0 Å². The van der Waals surface area contributed by atoms with Crippen LogP contribution in [0.4, 0.5) is 5.82 Å². The van der Waals surface area contributed by atoms with Crippen molar-refractivity contribution in [3.05, 3.63) is 53.4 Å². The summed E-state index contributed by atoms with van der Waals surface area (Å²) in [5.74, 6) is 0.885. The zero-order chi connectivity index (χ0) is 14.5. The van der Waals surface area contributed by atoms with E-state index in [1.165, 1.54) is 0 Å². The van der Waals surface area contributed by atoms with E-state index in [0.29, 0.717) is 6.61 Å². The largest absolute Gasteiger partial charge is 0.352 e. The van der Waals surface area contributed by atoms with Crippen LogP contribution in [0.2, 0.25) is 5.02 Å². The van der Waals surface area contributed by atoms with Crippen molar-refractivity contribution in [2.24, 2.45) is 0 Å². The third-order valence-electron chi connectivity index (χ3n) is 3.45. The van der Waals surface area contributed by atoms with E-state index in [1.807, 2.05) is 30.3 Å². The normalized spacial score (nSPS) is 17.9. The molecule has 0 aliphatic carbocycles. The Morgan fingerprint density at radius 3 is 2.95 bits per heavy atom. The van der Waals surface area contributed by atoms with Crippen LogP contribution in [-0.4, -0.2) is 35.8 Å². The molecule has 3 rings (SSSR count). The first-order valence-electron chi connectivity index (χ1n) is 6.93. The predicted octanol–water partition coefficient (Wildman–Crippen LogP) is 2.50. The van der Waals surface area contributed by atoms with Crippen LogP contribution in [0.3, 0.4) is 0 Å². The van der Waals surface area contributed by atoms with Gasteiger partial charge in [-0.25, -0.2) is 9.97 Å². The van der Waals surface area contributed by atoms with Gasteiger partial charge in [0.15, 0.2) is 0 Å². The lowest BCUT2D eigenvalue weighted by molar-refractivity contribution is 0.0306. The molecule has 1 aliphatic heterocycles. The van der Waals surface area contributed by atoms with Gasteiger partial charge in [0.05, 0.1) is 6.61 Å². The summed E-state index contributed by atoms with van der Waals surface area (Å²) < 4.78 is 6.04. The number of hydrogen-bond acceptors (Lipinski definition) is 5. The number of hydrogen-bond donors (Lipinski definition) is 1. The van der Waals surface area contributed by atoms with E-state index in [4.69, 9.17) is 16.3 Å². The molecule has 0 spiro atoms. The molecule has 1 aromatic carbocycles. The maximum Gasteiger partial charge on any atom is 0.144 e. The molecule has 118 valence electrons. The molecule has 1 fully saturated rings. The summed E-state index contributed by atoms with van der Waals surface area (Å²) in [6.07, 6.45) is 3.24. The van der Waals surface area contributed by atoms with E-state index in [2.05, 4.69) is 20.2 Å². The number of anilines is 1. The third-order valence-corrected chi connectivity index (χ3v) is 3.81. The van der Waals surface area contributed by atoms with Crippen molar-refractivity contribution >= 4 is 29.8 Å². The van der Waals surface area contributed by atoms with Gasteiger partial charge in [0.1, 0.15) is 18.4 Å². The van der Waals surface area contributed by atoms with Crippen LogP contribution in [-0.2, 0) is 11.3 Å². The topological polar surface area (TPSA) is 50.3 Å². The number of nitrogens with one attached hydrogen (secondary N) is 1. The Hall–Kier alpha value is -1.40. The van der Waals surface area contributed by atoms with E-state index in [-0.39, 0.29) is 18.6 Å². The highest BCUT2D eigenvalue weighted by atomic mass is 35.5. The Labute approximate surface area is 141 Å². The molecule has 0 bridgehead atoms. The van der Waals surface area contributed by atoms with Crippen molar-refractivity contribution in [3.63, 3.8) is 0 Å². The van der Waals surface area contributed by atoms with E-state index >= 15 is 0 Å². The second kappa shape index (κ2) is 8.29. The number of piperazine rings is 1. The minimum atomic E-state index is -0.0649. The average Bonchev–Trinajstić information content (AvgIpc) is 2.55.